The van der Waals surface area contributed by atoms with Gasteiger partial charge in [0.05, 0.1) is 4.88 Å². The van der Waals surface area contributed by atoms with Gasteiger partial charge in [-0.05, 0) is 36.6 Å². The van der Waals surface area contributed by atoms with Gasteiger partial charge in [-0.3, -0.25) is 14.6 Å². The predicted octanol–water partition coefficient (Wildman–Crippen LogP) is 3.41. The smallest absolute Gasteiger partial charge is 0.263 e. The zero-order valence-corrected chi connectivity index (χ0v) is 16.8. The van der Waals surface area contributed by atoms with E-state index in [1.54, 1.807) is 49.7 Å². The lowest BCUT2D eigenvalue weighted by molar-refractivity contribution is 0.0707. The normalized spacial score (nSPS) is 16.9. The monoisotopic (exact) mass is 394 g/mol. The van der Waals surface area contributed by atoms with Gasteiger partial charge in [0.2, 0.25) is 0 Å². The molecular formula is C21H22N4O2S. The lowest BCUT2D eigenvalue weighted by Gasteiger charge is -2.33. The molecule has 0 aliphatic carbocycles. The number of rotatable bonds is 3. The third kappa shape index (κ3) is 3.38. The number of fused-ring (bicyclic) bond motifs is 1. The Balaban J connectivity index is 1.70. The van der Waals surface area contributed by atoms with E-state index >= 15 is 0 Å². The van der Waals surface area contributed by atoms with Crippen molar-refractivity contribution in [1.29, 1.82) is 0 Å². The van der Waals surface area contributed by atoms with Crippen LogP contribution in [0.3, 0.4) is 0 Å². The zero-order valence-electron chi connectivity index (χ0n) is 16.0. The van der Waals surface area contributed by atoms with Crippen LogP contribution in [0.25, 0.3) is 10.2 Å². The van der Waals surface area contributed by atoms with Crippen molar-refractivity contribution in [3.63, 3.8) is 0 Å². The first-order valence-corrected chi connectivity index (χ1v) is 10.2. The first-order chi connectivity index (χ1) is 13.6. The summed E-state index contributed by atoms with van der Waals surface area (Å²) in [4.78, 5) is 39.3. The maximum absolute atomic E-state index is 12.9. The molecule has 3 aromatic heterocycles. The Morgan fingerprint density at radius 1 is 1.18 bits per heavy atom. The van der Waals surface area contributed by atoms with Crippen LogP contribution in [0.15, 0.2) is 42.9 Å². The molecule has 1 fully saturated rings. The summed E-state index contributed by atoms with van der Waals surface area (Å²) in [6, 6.07) is 7.43. The molecule has 28 heavy (non-hydrogen) atoms. The number of hydrogen-bond donors (Lipinski definition) is 0. The molecule has 1 unspecified atom stereocenters. The molecule has 6 nitrogen and oxygen atoms in total. The van der Waals surface area contributed by atoms with Gasteiger partial charge in [0.1, 0.15) is 4.83 Å². The number of amides is 2. The minimum Gasteiger partial charge on any atom is -0.344 e. The molecule has 4 heterocycles. The number of hydrogen-bond acceptors (Lipinski definition) is 5. The Morgan fingerprint density at radius 2 is 1.96 bits per heavy atom. The molecule has 7 heteroatoms. The van der Waals surface area contributed by atoms with Crippen LogP contribution in [0.4, 0.5) is 0 Å². The van der Waals surface area contributed by atoms with E-state index < -0.39 is 0 Å². The molecule has 144 valence electrons. The standard InChI is InChI=1S/C21H22N4O2S/c1-24(2)21(27)18-17(16-6-3-9-23-19(16)28-18)15-5-4-12-25(13-15)20(26)14-7-10-22-11-8-14/h3,6-11,15H,4-5,12-13H2,1-2H3. The molecule has 0 bridgehead atoms. The molecule has 3 aromatic rings. The summed E-state index contributed by atoms with van der Waals surface area (Å²) in [5.74, 6) is 0.136. The van der Waals surface area contributed by atoms with Crippen molar-refractivity contribution in [3.05, 3.63) is 58.9 Å². The van der Waals surface area contributed by atoms with Crippen molar-refractivity contribution >= 4 is 33.4 Å². The Morgan fingerprint density at radius 3 is 2.71 bits per heavy atom. The van der Waals surface area contributed by atoms with Gasteiger partial charge in [-0.15, -0.1) is 11.3 Å². The zero-order chi connectivity index (χ0) is 19.7. The molecule has 0 saturated carbocycles. The second-order valence-corrected chi connectivity index (χ2v) is 8.23. The van der Waals surface area contributed by atoms with Crippen molar-refractivity contribution in [1.82, 2.24) is 19.8 Å². The molecule has 0 N–H and O–H groups in total. The van der Waals surface area contributed by atoms with E-state index in [1.807, 2.05) is 17.0 Å². The van der Waals surface area contributed by atoms with Gasteiger partial charge in [0, 0.05) is 62.6 Å². The first kappa shape index (κ1) is 18.6. The summed E-state index contributed by atoms with van der Waals surface area (Å²) in [7, 11) is 3.54. The van der Waals surface area contributed by atoms with Crippen molar-refractivity contribution in [2.75, 3.05) is 27.2 Å². The van der Waals surface area contributed by atoms with Crippen LogP contribution >= 0.6 is 11.3 Å². The topological polar surface area (TPSA) is 66.4 Å². The maximum Gasteiger partial charge on any atom is 0.263 e. The minimum atomic E-state index is -0.00409. The Kier molecular flexibility index (Phi) is 5.09. The Hall–Kier alpha value is -2.80. The highest BCUT2D eigenvalue weighted by Gasteiger charge is 2.31. The lowest BCUT2D eigenvalue weighted by atomic mass is 9.88. The number of pyridine rings is 2. The molecule has 2 amide bonds. The van der Waals surface area contributed by atoms with Crippen LogP contribution in [0.5, 0.6) is 0 Å². The average Bonchev–Trinajstić information content (AvgIpc) is 3.12. The summed E-state index contributed by atoms with van der Waals surface area (Å²) >= 11 is 1.45. The fourth-order valence-corrected chi connectivity index (χ4v) is 5.04. The largest absolute Gasteiger partial charge is 0.344 e. The van der Waals surface area contributed by atoms with Crippen LogP contribution in [0.1, 0.15) is 44.4 Å². The van der Waals surface area contributed by atoms with Crippen molar-refractivity contribution in [2.45, 2.75) is 18.8 Å². The summed E-state index contributed by atoms with van der Waals surface area (Å²) in [5.41, 5.74) is 1.69. The fourth-order valence-electron chi connectivity index (χ4n) is 3.79. The second-order valence-electron chi connectivity index (χ2n) is 7.23. The highest BCUT2D eigenvalue weighted by atomic mass is 32.1. The predicted molar refractivity (Wildman–Crippen MR) is 110 cm³/mol. The number of aromatic nitrogens is 2. The quantitative estimate of drug-likeness (QED) is 0.683. The third-order valence-electron chi connectivity index (χ3n) is 5.15. The van der Waals surface area contributed by atoms with Crippen molar-refractivity contribution < 1.29 is 9.59 Å². The first-order valence-electron chi connectivity index (χ1n) is 9.34. The van der Waals surface area contributed by atoms with Crippen molar-refractivity contribution in [3.8, 4) is 0 Å². The third-order valence-corrected chi connectivity index (χ3v) is 6.27. The van der Waals surface area contributed by atoms with Crippen LogP contribution in [0, 0.1) is 0 Å². The highest BCUT2D eigenvalue weighted by Crippen LogP contribution is 2.39. The van der Waals surface area contributed by atoms with Crippen LogP contribution in [-0.2, 0) is 0 Å². The van der Waals surface area contributed by atoms with E-state index in [0.717, 1.165) is 40.0 Å². The van der Waals surface area contributed by atoms with Gasteiger partial charge >= 0.3 is 0 Å². The van der Waals surface area contributed by atoms with E-state index in [4.69, 9.17) is 0 Å². The number of likely N-dealkylation sites (tertiary alicyclic amines) is 1. The number of nitrogens with zero attached hydrogens (tertiary/aromatic N) is 4. The molecule has 1 aliphatic heterocycles. The molecule has 0 aromatic carbocycles. The van der Waals surface area contributed by atoms with E-state index in [1.165, 1.54) is 11.3 Å². The lowest BCUT2D eigenvalue weighted by Crippen LogP contribution is -2.39. The summed E-state index contributed by atoms with van der Waals surface area (Å²) in [6.07, 6.45) is 6.90. The van der Waals surface area contributed by atoms with Gasteiger partial charge < -0.3 is 9.80 Å². The van der Waals surface area contributed by atoms with Gasteiger partial charge in [0.15, 0.2) is 0 Å². The molecule has 0 radical (unpaired) electrons. The van der Waals surface area contributed by atoms with E-state index in [9.17, 15) is 9.59 Å². The Bertz CT molecular complexity index is 1020. The van der Waals surface area contributed by atoms with E-state index in [2.05, 4.69) is 9.97 Å². The molecular weight excluding hydrogens is 372 g/mol. The van der Waals surface area contributed by atoms with Gasteiger partial charge in [-0.2, -0.15) is 0 Å². The van der Waals surface area contributed by atoms with Crippen LogP contribution < -0.4 is 0 Å². The number of carbonyl (C=O) groups is 2. The average molecular weight is 395 g/mol. The summed E-state index contributed by atoms with van der Waals surface area (Å²) in [6.45, 7) is 1.34. The number of thiophene rings is 1. The van der Waals surface area contributed by atoms with Crippen molar-refractivity contribution in [2.24, 2.45) is 0 Å². The highest BCUT2D eigenvalue weighted by molar-refractivity contribution is 7.20. The van der Waals surface area contributed by atoms with Gasteiger partial charge in [0.25, 0.3) is 11.8 Å². The molecule has 1 aliphatic rings. The summed E-state index contributed by atoms with van der Waals surface area (Å²) in [5, 5.41) is 1.03. The Labute approximate surface area is 167 Å². The minimum absolute atomic E-state index is 0.00409. The van der Waals surface area contributed by atoms with Crippen LogP contribution in [-0.4, -0.2) is 58.8 Å². The van der Waals surface area contributed by atoms with E-state index in [-0.39, 0.29) is 17.7 Å². The number of carbonyl (C=O) groups excluding carboxylic acids is 2. The van der Waals surface area contributed by atoms with Gasteiger partial charge in [-0.1, -0.05) is 6.07 Å². The fraction of sp³-hybridized carbons (Fsp3) is 0.333. The maximum atomic E-state index is 12.9. The molecule has 1 atom stereocenters. The molecule has 4 rings (SSSR count). The molecule has 1 saturated heterocycles. The van der Waals surface area contributed by atoms with E-state index in [0.29, 0.717) is 12.1 Å². The number of piperidine rings is 1. The summed E-state index contributed by atoms with van der Waals surface area (Å²) < 4.78 is 0. The SMILES string of the molecule is CN(C)C(=O)c1sc2ncccc2c1C1CCCN(C(=O)c2ccncc2)C1. The van der Waals surface area contributed by atoms with Gasteiger partial charge in [-0.25, -0.2) is 4.98 Å². The molecule has 0 spiro atoms. The van der Waals surface area contributed by atoms with Crippen LogP contribution in [0.2, 0.25) is 0 Å². The second kappa shape index (κ2) is 7.67.